The quantitative estimate of drug-likeness (QED) is 0.653. The summed E-state index contributed by atoms with van der Waals surface area (Å²) >= 11 is 0. The Morgan fingerprint density at radius 1 is 1.44 bits per heavy atom. The Labute approximate surface area is 96.1 Å². The van der Waals surface area contributed by atoms with Crippen molar-refractivity contribution in [2.75, 3.05) is 13.2 Å². The molecule has 1 aromatic rings. The number of rotatable bonds is 6. The maximum Gasteiger partial charge on any atom is 0.0633 e. The molecule has 1 heterocycles. The van der Waals surface area contributed by atoms with Gasteiger partial charge in [0.25, 0.3) is 0 Å². The van der Waals surface area contributed by atoms with Gasteiger partial charge in [-0.3, -0.25) is 4.68 Å². The Kier molecular flexibility index (Phi) is 4.46. The van der Waals surface area contributed by atoms with Crippen LogP contribution in [0.4, 0.5) is 0 Å². The van der Waals surface area contributed by atoms with Gasteiger partial charge < -0.3 is 15.5 Å². The van der Waals surface area contributed by atoms with Crippen molar-refractivity contribution in [1.29, 1.82) is 0 Å². The monoisotopic (exact) mass is 227 g/mol. The molecule has 5 nitrogen and oxygen atoms in total. The molecule has 0 fully saturated rings. The summed E-state index contributed by atoms with van der Waals surface area (Å²) in [7, 11) is 0. The molecule has 92 valence electrons. The van der Waals surface area contributed by atoms with E-state index in [1.54, 1.807) is 13.1 Å². The molecule has 0 amide bonds. The smallest absolute Gasteiger partial charge is 0.0633 e. The highest BCUT2D eigenvalue weighted by molar-refractivity contribution is 5.05. The van der Waals surface area contributed by atoms with Gasteiger partial charge in [-0.05, 0) is 20.8 Å². The third-order valence-corrected chi connectivity index (χ3v) is 2.60. The molecule has 0 aliphatic heterocycles. The van der Waals surface area contributed by atoms with Crippen molar-refractivity contribution >= 4 is 0 Å². The molecule has 0 saturated carbocycles. The van der Waals surface area contributed by atoms with Gasteiger partial charge in [0.05, 0.1) is 24.9 Å². The second kappa shape index (κ2) is 5.43. The van der Waals surface area contributed by atoms with Crippen molar-refractivity contribution in [2.45, 2.75) is 38.9 Å². The second-order valence-electron chi connectivity index (χ2n) is 4.65. The molecule has 0 radical (unpaired) electrons. The standard InChI is InChI=1S/C11H21N3O2/c1-9(2)14-6-10(5-13-14)4-12-11(3,7-15)8-16/h5-6,9,12,15-16H,4,7-8H2,1-3H3. The second-order valence-corrected chi connectivity index (χ2v) is 4.65. The van der Waals surface area contributed by atoms with Gasteiger partial charge in [-0.15, -0.1) is 0 Å². The van der Waals surface area contributed by atoms with E-state index >= 15 is 0 Å². The molecular formula is C11H21N3O2. The summed E-state index contributed by atoms with van der Waals surface area (Å²) < 4.78 is 1.88. The molecule has 0 saturated heterocycles. The highest BCUT2D eigenvalue weighted by atomic mass is 16.3. The first-order valence-electron chi connectivity index (χ1n) is 5.50. The van der Waals surface area contributed by atoms with E-state index in [1.807, 2.05) is 10.9 Å². The summed E-state index contributed by atoms with van der Waals surface area (Å²) in [5, 5.41) is 25.6. The number of aliphatic hydroxyl groups is 2. The predicted octanol–water partition coefficient (Wildman–Crippen LogP) is 0.297. The van der Waals surface area contributed by atoms with Crippen LogP contribution in [0.3, 0.4) is 0 Å². The van der Waals surface area contributed by atoms with Gasteiger partial charge in [0.2, 0.25) is 0 Å². The van der Waals surface area contributed by atoms with Crippen LogP contribution in [0.2, 0.25) is 0 Å². The fourth-order valence-electron chi connectivity index (χ4n) is 1.23. The van der Waals surface area contributed by atoms with Gasteiger partial charge in [0.1, 0.15) is 0 Å². The van der Waals surface area contributed by atoms with Gasteiger partial charge in [-0.2, -0.15) is 5.10 Å². The fourth-order valence-corrected chi connectivity index (χ4v) is 1.23. The minimum absolute atomic E-state index is 0.0954. The van der Waals surface area contributed by atoms with Gasteiger partial charge in [-0.25, -0.2) is 0 Å². The lowest BCUT2D eigenvalue weighted by molar-refractivity contribution is 0.103. The van der Waals surface area contributed by atoms with E-state index < -0.39 is 5.54 Å². The third kappa shape index (κ3) is 3.30. The molecule has 0 aliphatic carbocycles. The van der Waals surface area contributed by atoms with Crippen LogP contribution in [0.5, 0.6) is 0 Å². The maximum atomic E-state index is 9.11. The zero-order valence-corrected chi connectivity index (χ0v) is 10.1. The highest BCUT2D eigenvalue weighted by Crippen LogP contribution is 2.07. The van der Waals surface area contributed by atoms with Crippen molar-refractivity contribution < 1.29 is 10.2 Å². The van der Waals surface area contributed by atoms with Gasteiger partial charge in [-0.1, -0.05) is 0 Å². The Bertz CT molecular complexity index is 319. The van der Waals surface area contributed by atoms with Crippen molar-refractivity contribution in [3.8, 4) is 0 Å². The summed E-state index contributed by atoms with van der Waals surface area (Å²) in [6.07, 6.45) is 3.76. The summed E-state index contributed by atoms with van der Waals surface area (Å²) in [5.74, 6) is 0. The van der Waals surface area contributed by atoms with E-state index in [0.29, 0.717) is 12.6 Å². The number of nitrogens with zero attached hydrogens (tertiary/aromatic N) is 2. The summed E-state index contributed by atoms with van der Waals surface area (Å²) in [6.45, 7) is 6.30. The SMILES string of the molecule is CC(C)n1cc(CNC(C)(CO)CO)cn1. The summed E-state index contributed by atoms with van der Waals surface area (Å²) in [4.78, 5) is 0. The van der Waals surface area contributed by atoms with Crippen LogP contribution in [0, 0.1) is 0 Å². The van der Waals surface area contributed by atoms with Crippen molar-refractivity contribution in [1.82, 2.24) is 15.1 Å². The van der Waals surface area contributed by atoms with Crippen LogP contribution < -0.4 is 5.32 Å². The van der Waals surface area contributed by atoms with E-state index in [9.17, 15) is 0 Å². The van der Waals surface area contributed by atoms with E-state index in [2.05, 4.69) is 24.3 Å². The molecule has 0 atom stereocenters. The Hall–Kier alpha value is -0.910. The molecule has 0 bridgehead atoms. The lowest BCUT2D eigenvalue weighted by Crippen LogP contribution is -2.48. The average molecular weight is 227 g/mol. The highest BCUT2D eigenvalue weighted by Gasteiger charge is 2.21. The molecule has 0 unspecified atom stereocenters. The first kappa shape index (κ1) is 13.2. The van der Waals surface area contributed by atoms with E-state index in [-0.39, 0.29) is 13.2 Å². The number of aromatic nitrogens is 2. The molecule has 1 rings (SSSR count). The zero-order valence-electron chi connectivity index (χ0n) is 10.1. The summed E-state index contributed by atoms with van der Waals surface area (Å²) in [6, 6.07) is 0.343. The minimum Gasteiger partial charge on any atom is -0.394 e. The summed E-state index contributed by atoms with van der Waals surface area (Å²) in [5.41, 5.74) is 0.404. The van der Waals surface area contributed by atoms with Crippen LogP contribution in [-0.2, 0) is 6.54 Å². The van der Waals surface area contributed by atoms with Gasteiger partial charge in [0, 0.05) is 24.3 Å². The lowest BCUT2D eigenvalue weighted by atomic mass is 10.1. The maximum absolute atomic E-state index is 9.11. The molecule has 0 aliphatic rings. The van der Waals surface area contributed by atoms with Crippen LogP contribution >= 0.6 is 0 Å². The van der Waals surface area contributed by atoms with Crippen molar-refractivity contribution in [3.63, 3.8) is 0 Å². The molecule has 0 spiro atoms. The normalized spacial score (nSPS) is 12.4. The van der Waals surface area contributed by atoms with Crippen molar-refractivity contribution in [3.05, 3.63) is 18.0 Å². The Balaban J connectivity index is 2.54. The molecule has 16 heavy (non-hydrogen) atoms. The first-order valence-corrected chi connectivity index (χ1v) is 5.50. The van der Waals surface area contributed by atoms with E-state index in [4.69, 9.17) is 10.2 Å². The van der Waals surface area contributed by atoms with Crippen LogP contribution in [0.25, 0.3) is 0 Å². The van der Waals surface area contributed by atoms with Crippen LogP contribution in [0.1, 0.15) is 32.4 Å². The van der Waals surface area contributed by atoms with Crippen LogP contribution in [-0.4, -0.2) is 38.7 Å². The van der Waals surface area contributed by atoms with Crippen molar-refractivity contribution in [2.24, 2.45) is 0 Å². The lowest BCUT2D eigenvalue weighted by Gasteiger charge is -2.25. The number of hydrogen-bond donors (Lipinski definition) is 3. The minimum atomic E-state index is -0.639. The number of aliphatic hydroxyl groups excluding tert-OH is 2. The van der Waals surface area contributed by atoms with Gasteiger partial charge >= 0.3 is 0 Å². The molecular weight excluding hydrogens is 206 g/mol. The molecule has 0 aromatic carbocycles. The predicted molar refractivity (Wildman–Crippen MR) is 62.0 cm³/mol. The average Bonchev–Trinajstić information content (AvgIpc) is 2.75. The van der Waals surface area contributed by atoms with E-state index in [0.717, 1.165) is 5.56 Å². The van der Waals surface area contributed by atoms with E-state index in [1.165, 1.54) is 0 Å². The number of nitrogens with one attached hydrogen (secondary N) is 1. The molecule has 3 N–H and O–H groups in total. The Morgan fingerprint density at radius 3 is 2.50 bits per heavy atom. The molecule has 5 heteroatoms. The zero-order chi connectivity index (χ0) is 12.2. The first-order chi connectivity index (χ1) is 7.50. The van der Waals surface area contributed by atoms with Gasteiger partial charge in [0.15, 0.2) is 0 Å². The Morgan fingerprint density at radius 2 is 2.06 bits per heavy atom. The largest absolute Gasteiger partial charge is 0.394 e. The fraction of sp³-hybridized carbons (Fsp3) is 0.727. The topological polar surface area (TPSA) is 70.3 Å². The third-order valence-electron chi connectivity index (χ3n) is 2.60. The molecule has 1 aromatic heterocycles. The van der Waals surface area contributed by atoms with Crippen LogP contribution in [0.15, 0.2) is 12.4 Å². The number of hydrogen-bond acceptors (Lipinski definition) is 4.